The Balaban J connectivity index is 2.58. The summed E-state index contributed by atoms with van der Waals surface area (Å²) in [7, 11) is 0. The number of rotatable bonds is 4. The Bertz CT molecular complexity index is 291. The lowest BCUT2D eigenvalue weighted by Gasteiger charge is -1.98. The van der Waals surface area contributed by atoms with Crippen molar-refractivity contribution in [3.63, 3.8) is 0 Å². The number of aromatic nitrogens is 1. The van der Waals surface area contributed by atoms with Gasteiger partial charge in [-0.3, -0.25) is 4.79 Å². The number of hydrogen-bond donors (Lipinski definition) is 0. The standard InChI is InChI=1S/C10H15NOS/c1-7(2)4-9-6-13-10(11-9)5-8(3)12/h6-7H,4-5H2,1-3H3. The monoisotopic (exact) mass is 197 g/mol. The molecule has 0 bridgehead atoms. The second-order valence-electron chi connectivity index (χ2n) is 3.71. The Hall–Kier alpha value is -0.700. The maximum Gasteiger partial charge on any atom is 0.136 e. The van der Waals surface area contributed by atoms with Crippen molar-refractivity contribution in [3.05, 3.63) is 16.1 Å². The fourth-order valence-electron chi connectivity index (χ4n) is 1.16. The Morgan fingerprint density at radius 2 is 2.31 bits per heavy atom. The highest BCUT2D eigenvalue weighted by molar-refractivity contribution is 7.09. The van der Waals surface area contributed by atoms with Crippen LogP contribution in [0.3, 0.4) is 0 Å². The van der Waals surface area contributed by atoms with Gasteiger partial charge in [0.1, 0.15) is 10.8 Å². The van der Waals surface area contributed by atoms with E-state index in [0.717, 1.165) is 17.1 Å². The molecule has 0 unspecified atom stereocenters. The number of carbonyl (C=O) groups excluding carboxylic acids is 1. The summed E-state index contributed by atoms with van der Waals surface area (Å²) in [6.07, 6.45) is 1.50. The van der Waals surface area contributed by atoms with E-state index < -0.39 is 0 Å². The summed E-state index contributed by atoms with van der Waals surface area (Å²) < 4.78 is 0. The first-order valence-electron chi connectivity index (χ1n) is 4.50. The van der Waals surface area contributed by atoms with E-state index in [9.17, 15) is 4.79 Å². The highest BCUT2D eigenvalue weighted by Crippen LogP contribution is 2.13. The van der Waals surface area contributed by atoms with Crippen molar-refractivity contribution in [2.45, 2.75) is 33.6 Å². The summed E-state index contributed by atoms with van der Waals surface area (Å²) in [6.45, 7) is 5.94. The van der Waals surface area contributed by atoms with Gasteiger partial charge in [-0.05, 0) is 19.3 Å². The molecule has 3 heteroatoms. The molecular weight excluding hydrogens is 182 g/mol. The topological polar surface area (TPSA) is 30.0 Å². The second-order valence-corrected chi connectivity index (χ2v) is 4.65. The third-order valence-corrected chi connectivity index (χ3v) is 2.51. The van der Waals surface area contributed by atoms with Gasteiger partial charge in [0, 0.05) is 5.38 Å². The molecular formula is C10H15NOS. The van der Waals surface area contributed by atoms with Crippen LogP contribution in [0.2, 0.25) is 0 Å². The van der Waals surface area contributed by atoms with Gasteiger partial charge < -0.3 is 0 Å². The van der Waals surface area contributed by atoms with Crippen LogP contribution in [0.4, 0.5) is 0 Å². The zero-order valence-corrected chi connectivity index (χ0v) is 9.15. The lowest BCUT2D eigenvalue weighted by Crippen LogP contribution is -1.98. The number of Topliss-reactive ketones (excluding diaryl/α,β-unsaturated/α-hetero) is 1. The quantitative estimate of drug-likeness (QED) is 0.742. The van der Waals surface area contributed by atoms with Gasteiger partial charge in [0.25, 0.3) is 0 Å². The van der Waals surface area contributed by atoms with E-state index in [1.807, 2.05) is 0 Å². The highest BCUT2D eigenvalue weighted by atomic mass is 32.1. The first-order valence-corrected chi connectivity index (χ1v) is 5.38. The van der Waals surface area contributed by atoms with Crippen LogP contribution in [-0.2, 0) is 17.6 Å². The summed E-state index contributed by atoms with van der Waals surface area (Å²) in [5.41, 5.74) is 1.12. The third-order valence-electron chi connectivity index (χ3n) is 1.62. The van der Waals surface area contributed by atoms with Crippen LogP contribution in [0.1, 0.15) is 31.5 Å². The molecule has 0 amide bonds. The Kier molecular flexibility index (Phi) is 3.60. The molecule has 0 spiro atoms. The van der Waals surface area contributed by atoms with E-state index in [1.165, 1.54) is 0 Å². The molecule has 72 valence electrons. The van der Waals surface area contributed by atoms with Crippen LogP contribution in [0.25, 0.3) is 0 Å². The van der Waals surface area contributed by atoms with Crippen molar-refractivity contribution in [3.8, 4) is 0 Å². The molecule has 0 N–H and O–H groups in total. The van der Waals surface area contributed by atoms with Crippen molar-refractivity contribution in [1.82, 2.24) is 4.98 Å². The average Bonchev–Trinajstić information content (AvgIpc) is 2.33. The largest absolute Gasteiger partial charge is 0.300 e. The van der Waals surface area contributed by atoms with Crippen LogP contribution in [0.5, 0.6) is 0 Å². The van der Waals surface area contributed by atoms with Gasteiger partial charge in [-0.1, -0.05) is 13.8 Å². The van der Waals surface area contributed by atoms with Crippen molar-refractivity contribution in [2.24, 2.45) is 5.92 Å². The van der Waals surface area contributed by atoms with Gasteiger partial charge in [0.2, 0.25) is 0 Å². The molecule has 0 saturated carbocycles. The molecule has 0 aromatic carbocycles. The average molecular weight is 197 g/mol. The van der Waals surface area contributed by atoms with Crippen LogP contribution < -0.4 is 0 Å². The maximum absolute atomic E-state index is 10.8. The van der Waals surface area contributed by atoms with Crippen molar-refractivity contribution < 1.29 is 4.79 Å². The minimum Gasteiger partial charge on any atom is -0.300 e. The van der Waals surface area contributed by atoms with E-state index in [-0.39, 0.29) is 5.78 Å². The Morgan fingerprint density at radius 3 is 2.85 bits per heavy atom. The minimum absolute atomic E-state index is 0.186. The van der Waals surface area contributed by atoms with Gasteiger partial charge in [-0.25, -0.2) is 4.98 Å². The minimum atomic E-state index is 0.186. The van der Waals surface area contributed by atoms with Crippen LogP contribution >= 0.6 is 11.3 Å². The number of nitrogens with zero attached hydrogens (tertiary/aromatic N) is 1. The molecule has 0 radical (unpaired) electrons. The molecule has 2 nitrogen and oxygen atoms in total. The lowest BCUT2D eigenvalue weighted by molar-refractivity contribution is -0.116. The van der Waals surface area contributed by atoms with Crippen LogP contribution in [0.15, 0.2) is 5.38 Å². The molecule has 0 fully saturated rings. The van der Waals surface area contributed by atoms with Gasteiger partial charge in [0.05, 0.1) is 12.1 Å². The third kappa shape index (κ3) is 3.68. The summed E-state index contributed by atoms with van der Waals surface area (Å²) in [6, 6.07) is 0. The van der Waals surface area contributed by atoms with Crippen molar-refractivity contribution >= 4 is 17.1 Å². The summed E-state index contributed by atoms with van der Waals surface area (Å²) >= 11 is 1.59. The molecule has 1 aromatic heterocycles. The summed E-state index contributed by atoms with van der Waals surface area (Å²) in [5, 5.41) is 3.00. The van der Waals surface area contributed by atoms with E-state index >= 15 is 0 Å². The molecule has 1 rings (SSSR count). The number of ketones is 1. The molecule has 1 aromatic rings. The molecule has 0 atom stereocenters. The second kappa shape index (κ2) is 4.51. The number of thiazole rings is 1. The van der Waals surface area contributed by atoms with Gasteiger partial charge in [0.15, 0.2) is 0 Å². The summed E-state index contributed by atoms with van der Waals surface area (Å²) in [5.74, 6) is 0.817. The first kappa shape index (κ1) is 10.4. The molecule has 0 aliphatic rings. The van der Waals surface area contributed by atoms with Crippen LogP contribution in [0, 0.1) is 5.92 Å². The van der Waals surface area contributed by atoms with Gasteiger partial charge >= 0.3 is 0 Å². The molecule has 13 heavy (non-hydrogen) atoms. The number of hydrogen-bond acceptors (Lipinski definition) is 3. The fraction of sp³-hybridized carbons (Fsp3) is 0.600. The molecule has 0 saturated heterocycles. The first-order chi connectivity index (χ1) is 6.08. The zero-order valence-electron chi connectivity index (χ0n) is 8.33. The predicted octanol–water partition coefficient (Wildman–Crippen LogP) is 2.47. The smallest absolute Gasteiger partial charge is 0.136 e. The van der Waals surface area contributed by atoms with E-state index in [1.54, 1.807) is 18.3 Å². The lowest BCUT2D eigenvalue weighted by atomic mass is 10.1. The molecule has 0 aliphatic heterocycles. The van der Waals surface area contributed by atoms with E-state index in [0.29, 0.717) is 12.3 Å². The van der Waals surface area contributed by atoms with Crippen molar-refractivity contribution in [1.29, 1.82) is 0 Å². The highest BCUT2D eigenvalue weighted by Gasteiger charge is 2.05. The number of carbonyl (C=O) groups is 1. The van der Waals surface area contributed by atoms with Gasteiger partial charge in [-0.15, -0.1) is 11.3 Å². The molecule has 0 aliphatic carbocycles. The van der Waals surface area contributed by atoms with Gasteiger partial charge in [-0.2, -0.15) is 0 Å². The van der Waals surface area contributed by atoms with E-state index in [2.05, 4.69) is 24.2 Å². The zero-order chi connectivity index (χ0) is 9.84. The molecule has 1 heterocycles. The Morgan fingerprint density at radius 1 is 1.62 bits per heavy atom. The SMILES string of the molecule is CC(=O)Cc1nc(CC(C)C)cs1. The predicted molar refractivity (Wildman–Crippen MR) is 55.0 cm³/mol. The normalized spacial score (nSPS) is 10.8. The maximum atomic E-state index is 10.8. The van der Waals surface area contributed by atoms with Crippen LogP contribution in [-0.4, -0.2) is 10.8 Å². The fourth-order valence-corrected chi connectivity index (χ4v) is 2.03. The van der Waals surface area contributed by atoms with E-state index in [4.69, 9.17) is 0 Å². The summed E-state index contributed by atoms with van der Waals surface area (Å²) in [4.78, 5) is 15.2. The Labute approximate surface area is 83.0 Å². The van der Waals surface area contributed by atoms with Crippen molar-refractivity contribution in [2.75, 3.05) is 0 Å².